The van der Waals surface area contributed by atoms with E-state index in [4.69, 9.17) is 14.2 Å². The van der Waals surface area contributed by atoms with Gasteiger partial charge < -0.3 is 14.2 Å². The molecule has 0 saturated carbocycles. The molecule has 0 aromatic heterocycles. The maximum Gasteiger partial charge on any atom is 0.309 e. The van der Waals surface area contributed by atoms with Gasteiger partial charge in [-0.3, -0.25) is 14.4 Å². The lowest BCUT2D eigenvalue weighted by atomic mass is 10.1. The zero-order valence-electron chi connectivity index (χ0n) is 47.5. The minimum absolute atomic E-state index is 0.109. The maximum atomic E-state index is 12.9. The van der Waals surface area contributed by atoms with E-state index in [0.29, 0.717) is 6.42 Å². The van der Waals surface area contributed by atoms with Crippen LogP contribution in [0.1, 0.15) is 213 Å². The summed E-state index contributed by atoms with van der Waals surface area (Å²) in [5.74, 6) is -1.12. The Labute approximate surface area is 459 Å². The van der Waals surface area contributed by atoms with E-state index in [-0.39, 0.29) is 38.0 Å². The molecule has 1 unspecified atom stereocenters. The van der Waals surface area contributed by atoms with Crippen LogP contribution >= 0.6 is 0 Å². The fourth-order valence-corrected chi connectivity index (χ4v) is 7.16. The molecule has 6 heteroatoms. The van der Waals surface area contributed by atoms with Gasteiger partial charge in [0.25, 0.3) is 0 Å². The number of rotatable bonds is 50. The summed E-state index contributed by atoms with van der Waals surface area (Å²) in [7, 11) is 0. The van der Waals surface area contributed by atoms with Crippen molar-refractivity contribution in [2.45, 2.75) is 219 Å². The van der Waals surface area contributed by atoms with Crippen LogP contribution in [-0.4, -0.2) is 37.2 Å². The molecule has 0 N–H and O–H groups in total. The first-order valence-corrected chi connectivity index (χ1v) is 29.3. The quantitative estimate of drug-likeness (QED) is 0.0261. The first-order chi connectivity index (χ1) is 37.0. The molecule has 1 atom stereocenters. The molecular weight excluding hydrogens is 925 g/mol. The van der Waals surface area contributed by atoms with Crippen molar-refractivity contribution >= 4 is 17.9 Å². The molecule has 0 rings (SSSR count). The smallest absolute Gasteiger partial charge is 0.309 e. The number of carbonyl (C=O) groups excluding carboxylic acids is 3. The molecule has 6 nitrogen and oxygen atoms in total. The van der Waals surface area contributed by atoms with E-state index < -0.39 is 12.1 Å². The van der Waals surface area contributed by atoms with Crippen LogP contribution in [0.25, 0.3) is 0 Å². The molecule has 0 aromatic carbocycles. The van der Waals surface area contributed by atoms with Gasteiger partial charge in [-0.2, -0.15) is 0 Å². The Morgan fingerprint density at radius 3 is 0.880 bits per heavy atom. The lowest BCUT2D eigenvalue weighted by molar-refractivity contribution is -0.166. The van der Waals surface area contributed by atoms with Gasteiger partial charge in [0, 0.05) is 12.8 Å². The van der Waals surface area contributed by atoms with Crippen LogP contribution in [0, 0.1) is 0 Å². The molecule has 0 amide bonds. The third kappa shape index (κ3) is 59.3. The van der Waals surface area contributed by atoms with Gasteiger partial charge in [0.1, 0.15) is 13.2 Å². The Morgan fingerprint density at radius 1 is 0.280 bits per heavy atom. The second kappa shape index (κ2) is 61.1. The average molecular weight is 1030 g/mol. The lowest BCUT2D eigenvalue weighted by Crippen LogP contribution is -2.30. The van der Waals surface area contributed by atoms with Crippen molar-refractivity contribution in [3.05, 3.63) is 182 Å². The molecule has 75 heavy (non-hydrogen) atoms. The predicted molar refractivity (Wildman–Crippen MR) is 324 cm³/mol. The standard InChI is InChI=1S/C69H104O6/c1-4-7-10-13-16-19-22-25-28-30-31-32-33-34-35-36-37-39-41-44-47-50-53-56-59-62-68(71)74-65-66(64-73-67(70)61-58-55-52-49-46-43-40-27-24-21-18-15-12-9-6-3)75-69(72)63-60-57-54-51-48-45-42-38-29-26-23-20-17-14-11-8-5-2/h7-12,16-21,25-29,31-32,34-35,37,39-40,44,46-47,49,55,58,66H,4-6,13-15,22-24,30,33,36,38,41-43,45,48,50-54,56-57,59-65H2,1-3H3/b10-7-,11-8-,12-9-,19-16-,20-17-,21-18-,28-25-,29-26-,32-31-,35-34-,39-37-,40-27-,47-44-,49-46-,58-55-. The normalized spacial score (nSPS) is 13.5. The van der Waals surface area contributed by atoms with E-state index in [1.165, 1.54) is 19.3 Å². The Hall–Kier alpha value is -5.49. The monoisotopic (exact) mass is 1030 g/mol. The van der Waals surface area contributed by atoms with Gasteiger partial charge in [-0.05, 0) is 135 Å². The van der Waals surface area contributed by atoms with Crippen LogP contribution in [0.15, 0.2) is 182 Å². The highest BCUT2D eigenvalue weighted by Crippen LogP contribution is 2.13. The Balaban J connectivity index is 4.57. The van der Waals surface area contributed by atoms with Crippen LogP contribution in [0.4, 0.5) is 0 Å². The summed E-state index contributed by atoms with van der Waals surface area (Å²) in [6.07, 6.45) is 91.9. The molecular formula is C69H104O6. The summed E-state index contributed by atoms with van der Waals surface area (Å²) in [5, 5.41) is 0. The van der Waals surface area contributed by atoms with E-state index in [1.54, 1.807) is 6.08 Å². The van der Waals surface area contributed by atoms with Gasteiger partial charge in [-0.25, -0.2) is 0 Å². The largest absolute Gasteiger partial charge is 0.462 e. The highest BCUT2D eigenvalue weighted by atomic mass is 16.6. The maximum absolute atomic E-state index is 12.9. The molecule has 0 aliphatic heterocycles. The second-order valence-electron chi connectivity index (χ2n) is 18.4. The Morgan fingerprint density at radius 2 is 0.533 bits per heavy atom. The van der Waals surface area contributed by atoms with Crippen LogP contribution < -0.4 is 0 Å². The molecule has 0 bridgehead atoms. The number of allylic oxidation sites excluding steroid dienone is 29. The number of hydrogen-bond acceptors (Lipinski definition) is 6. The Kier molecular flexibility index (Phi) is 56.6. The first-order valence-electron chi connectivity index (χ1n) is 29.3. The van der Waals surface area contributed by atoms with Crippen molar-refractivity contribution in [3.63, 3.8) is 0 Å². The highest BCUT2D eigenvalue weighted by Gasteiger charge is 2.19. The van der Waals surface area contributed by atoms with Crippen molar-refractivity contribution in [2.75, 3.05) is 13.2 Å². The number of hydrogen-bond donors (Lipinski definition) is 0. The zero-order chi connectivity index (χ0) is 54.3. The van der Waals surface area contributed by atoms with Gasteiger partial charge in [0.05, 0.1) is 6.42 Å². The molecule has 0 spiro atoms. The molecule has 0 saturated heterocycles. The molecule has 0 aliphatic rings. The van der Waals surface area contributed by atoms with Gasteiger partial charge in [-0.1, -0.05) is 242 Å². The van der Waals surface area contributed by atoms with Crippen LogP contribution in [0.2, 0.25) is 0 Å². The third-order valence-corrected chi connectivity index (χ3v) is 11.4. The van der Waals surface area contributed by atoms with Gasteiger partial charge in [0.2, 0.25) is 0 Å². The summed E-state index contributed by atoms with van der Waals surface area (Å²) in [4.78, 5) is 38.1. The first kappa shape index (κ1) is 69.5. The minimum atomic E-state index is -0.849. The molecule has 0 heterocycles. The van der Waals surface area contributed by atoms with Crippen molar-refractivity contribution in [1.82, 2.24) is 0 Å². The summed E-state index contributed by atoms with van der Waals surface area (Å²) in [6, 6.07) is 0. The third-order valence-electron chi connectivity index (χ3n) is 11.4. The van der Waals surface area contributed by atoms with Gasteiger partial charge in [-0.15, -0.1) is 0 Å². The van der Waals surface area contributed by atoms with E-state index in [1.807, 2.05) is 6.08 Å². The molecule has 0 aromatic rings. The topological polar surface area (TPSA) is 78.9 Å². The second-order valence-corrected chi connectivity index (χ2v) is 18.4. The number of unbranched alkanes of at least 4 members (excludes halogenated alkanes) is 10. The molecule has 0 radical (unpaired) electrons. The van der Waals surface area contributed by atoms with Crippen molar-refractivity contribution in [1.29, 1.82) is 0 Å². The van der Waals surface area contributed by atoms with Crippen LogP contribution in [0.5, 0.6) is 0 Å². The van der Waals surface area contributed by atoms with Crippen LogP contribution in [0.3, 0.4) is 0 Å². The Bertz CT molecular complexity index is 1800. The van der Waals surface area contributed by atoms with E-state index in [9.17, 15) is 14.4 Å². The number of carbonyl (C=O) groups is 3. The highest BCUT2D eigenvalue weighted by molar-refractivity contribution is 5.72. The van der Waals surface area contributed by atoms with Crippen LogP contribution in [-0.2, 0) is 28.6 Å². The van der Waals surface area contributed by atoms with Crippen molar-refractivity contribution < 1.29 is 28.6 Å². The van der Waals surface area contributed by atoms with Gasteiger partial charge >= 0.3 is 17.9 Å². The molecule has 0 aliphatic carbocycles. The predicted octanol–water partition coefficient (Wildman–Crippen LogP) is 20.1. The molecule has 0 fully saturated rings. The van der Waals surface area contributed by atoms with Gasteiger partial charge in [0.15, 0.2) is 6.10 Å². The molecule has 416 valence electrons. The zero-order valence-corrected chi connectivity index (χ0v) is 47.5. The summed E-state index contributed by atoms with van der Waals surface area (Å²) in [5.41, 5.74) is 0. The summed E-state index contributed by atoms with van der Waals surface area (Å²) in [6.45, 7) is 6.15. The summed E-state index contributed by atoms with van der Waals surface area (Å²) < 4.78 is 16.7. The fourth-order valence-electron chi connectivity index (χ4n) is 7.16. The van der Waals surface area contributed by atoms with E-state index in [2.05, 4.69) is 191 Å². The van der Waals surface area contributed by atoms with Crippen molar-refractivity contribution in [2.24, 2.45) is 0 Å². The summed E-state index contributed by atoms with van der Waals surface area (Å²) >= 11 is 0. The lowest BCUT2D eigenvalue weighted by Gasteiger charge is -2.18. The SMILES string of the molecule is CC/C=C\C/C=C\C/C=C\C/C=C\C/C=C\C/C=C\C/C=C\CCCCCC(=O)OCC(COC(=O)C/C=C\C/C=C\C/C=C\C/C=C\C/C=C\CC)OC(=O)CCCCCCCCC/C=C\C/C=C\C/C=C\CC. The van der Waals surface area contributed by atoms with Crippen molar-refractivity contribution in [3.8, 4) is 0 Å². The van der Waals surface area contributed by atoms with E-state index in [0.717, 1.165) is 154 Å². The van der Waals surface area contributed by atoms with E-state index >= 15 is 0 Å². The fraction of sp³-hybridized carbons (Fsp3) is 0.522. The number of esters is 3. The minimum Gasteiger partial charge on any atom is -0.462 e. The number of ether oxygens (including phenoxy) is 3. The average Bonchev–Trinajstić information content (AvgIpc) is 3.41.